The molecule has 2 aromatic carbocycles. The van der Waals surface area contributed by atoms with Crippen molar-refractivity contribution < 1.29 is 32.2 Å². The van der Waals surface area contributed by atoms with Gasteiger partial charge in [-0.1, -0.05) is 0 Å². The van der Waals surface area contributed by atoms with E-state index in [0.717, 1.165) is 12.8 Å². The number of primary amides is 1. The van der Waals surface area contributed by atoms with E-state index in [4.69, 9.17) is 19.9 Å². The summed E-state index contributed by atoms with van der Waals surface area (Å²) in [6, 6.07) is 8.79. The number of carbonyl (C=O) groups excluding carboxylic acids is 2. The van der Waals surface area contributed by atoms with E-state index in [0.29, 0.717) is 30.3 Å². The first kappa shape index (κ1) is 20.9. The predicted octanol–water partition coefficient (Wildman–Crippen LogP) is 1.32. The number of sulfonamides is 1. The molecule has 0 bridgehead atoms. The van der Waals surface area contributed by atoms with Crippen molar-refractivity contribution in [1.82, 2.24) is 4.31 Å². The van der Waals surface area contributed by atoms with E-state index in [1.54, 1.807) is 18.2 Å². The zero-order chi connectivity index (χ0) is 22.0. The molecule has 0 aliphatic carbocycles. The van der Waals surface area contributed by atoms with Gasteiger partial charge in [0.25, 0.3) is 11.8 Å². The van der Waals surface area contributed by atoms with Crippen LogP contribution in [-0.4, -0.2) is 51.0 Å². The van der Waals surface area contributed by atoms with Crippen molar-refractivity contribution in [3.8, 4) is 17.2 Å². The Bertz CT molecular complexity index is 1130. The first-order chi connectivity index (χ1) is 14.8. The summed E-state index contributed by atoms with van der Waals surface area (Å²) in [5.41, 5.74) is 5.78. The van der Waals surface area contributed by atoms with Gasteiger partial charge in [-0.15, -0.1) is 0 Å². The monoisotopic (exact) mass is 447 g/mol. The van der Waals surface area contributed by atoms with Crippen LogP contribution >= 0.6 is 0 Å². The van der Waals surface area contributed by atoms with E-state index < -0.39 is 28.4 Å². The fourth-order valence-corrected chi connectivity index (χ4v) is 4.92. The van der Waals surface area contributed by atoms with Gasteiger partial charge in [-0.3, -0.25) is 9.59 Å². The quantitative estimate of drug-likeness (QED) is 0.653. The van der Waals surface area contributed by atoms with Gasteiger partial charge in [0, 0.05) is 24.8 Å². The lowest BCUT2D eigenvalue weighted by molar-refractivity contribution is -0.118. The summed E-state index contributed by atoms with van der Waals surface area (Å²) < 4.78 is 42.7. The molecule has 10 nitrogen and oxygen atoms in total. The number of nitrogens with one attached hydrogen (secondary N) is 1. The molecule has 4 rings (SSSR count). The van der Waals surface area contributed by atoms with Crippen LogP contribution < -0.4 is 25.3 Å². The molecule has 2 aromatic rings. The van der Waals surface area contributed by atoms with Crippen LogP contribution in [0.5, 0.6) is 17.2 Å². The van der Waals surface area contributed by atoms with Gasteiger partial charge in [-0.05, 0) is 43.2 Å². The van der Waals surface area contributed by atoms with Crippen LogP contribution in [-0.2, 0) is 14.8 Å². The van der Waals surface area contributed by atoms with E-state index in [1.165, 1.54) is 22.5 Å². The maximum atomic E-state index is 12.7. The minimum Gasteiger partial charge on any atom is -0.483 e. The van der Waals surface area contributed by atoms with Gasteiger partial charge in [0.15, 0.2) is 18.1 Å². The van der Waals surface area contributed by atoms with E-state index in [1.807, 2.05) is 0 Å². The zero-order valence-electron chi connectivity index (χ0n) is 16.5. The normalized spacial score (nSPS) is 15.6. The first-order valence-electron chi connectivity index (χ1n) is 9.61. The molecule has 0 saturated carbocycles. The summed E-state index contributed by atoms with van der Waals surface area (Å²) in [5, 5.41) is 2.65. The fourth-order valence-electron chi connectivity index (χ4n) is 3.38. The Morgan fingerprint density at radius 3 is 2.55 bits per heavy atom. The van der Waals surface area contributed by atoms with Crippen molar-refractivity contribution in [3.05, 3.63) is 42.0 Å². The number of ether oxygens (including phenoxy) is 3. The maximum Gasteiger partial charge on any atom is 0.262 e. The van der Waals surface area contributed by atoms with Crippen LogP contribution in [0.25, 0.3) is 0 Å². The minimum absolute atomic E-state index is 0.0220. The van der Waals surface area contributed by atoms with Crippen molar-refractivity contribution >= 4 is 27.5 Å². The number of nitrogens with two attached hydrogens (primary N) is 1. The molecule has 11 heteroatoms. The largest absolute Gasteiger partial charge is 0.483 e. The smallest absolute Gasteiger partial charge is 0.262 e. The van der Waals surface area contributed by atoms with Gasteiger partial charge in [0.1, 0.15) is 5.75 Å². The molecule has 2 amide bonds. The molecule has 0 unspecified atom stereocenters. The SMILES string of the molecule is NC(=O)c1cc(S(=O)(=O)N2CCCC2)ccc1OCC(=O)Nc1ccc2c(c1)OCO2. The highest BCUT2D eigenvalue weighted by molar-refractivity contribution is 7.89. The maximum absolute atomic E-state index is 12.7. The van der Waals surface area contributed by atoms with Crippen LogP contribution in [0.4, 0.5) is 5.69 Å². The molecule has 1 saturated heterocycles. The second-order valence-corrected chi connectivity index (χ2v) is 8.98. The van der Waals surface area contributed by atoms with Crippen molar-refractivity contribution in [2.45, 2.75) is 17.7 Å². The second-order valence-electron chi connectivity index (χ2n) is 7.04. The standard InChI is InChI=1S/C20H21N3O7S/c21-20(25)15-10-14(31(26,27)23-7-1-2-8-23)4-6-16(15)28-11-19(24)22-13-3-5-17-18(9-13)30-12-29-17/h3-6,9-10H,1-2,7-8,11-12H2,(H2,21,25)(H,22,24). The molecule has 0 aromatic heterocycles. The molecule has 0 radical (unpaired) electrons. The predicted molar refractivity (Wildman–Crippen MR) is 110 cm³/mol. The van der Waals surface area contributed by atoms with Gasteiger partial charge in [0.2, 0.25) is 16.8 Å². The Morgan fingerprint density at radius 2 is 1.81 bits per heavy atom. The van der Waals surface area contributed by atoms with Crippen LogP contribution in [0.3, 0.4) is 0 Å². The van der Waals surface area contributed by atoms with Gasteiger partial charge >= 0.3 is 0 Å². The Morgan fingerprint density at radius 1 is 1.06 bits per heavy atom. The summed E-state index contributed by atoms with van der Waals surface area (Å²) in [7, 11) is -3.72. The number of hydrogen-bond acceptors (Lipinski definition) is 7. The lowest BCUT2D eigenvalue weighted by Crippen LogP contribution is -2.28. The lowest BCUT2D eigenvalue weighted by Gasteiger charge is -2.17. The summed E-state index contributed by atoms with van der Waals surface area (Å²) in [4.78, 5) is 24.1. The number of rotatable bonds is 7. The summed E-state index contributed by atoms with van der Waals surface area (Å²) in [6.07, 6.45) is 1.59. The average Bonchev–Trinajstić information content (AvgIpc) is 3.44. The Hall–Kier alpha value is -3.31. The number of hydrogen-bond donors (Lipinski definition) is 2. The molecule has 0 spiro atoms. The molecule has 2 heterocycles. The number of carbonyl (C=O) groups is 2. The Labute approximate surface area is 178 Å². The topological polar surface area (TPSA) is 137 Å². The highest BCUT2D eigenvalue weighted by Crippen LogP contribution is 2.34. The molecular weight excluding hydrogens is 426 g/mol. The molecular formula is C20H21N3O7S. The van der Waals surface area contributed by atoms with E-state index >= 15 is 0 Å². The molecule has 2 aliphatic heterocycles. The lowest BCUT2D eigenvalue weighted by atomic mass is 10.2. The van der Waals surface area contributed by atoms with E-state index in [-0.39, 0.29) is 23.0 Å². The van der Waals surface area contributed by atoms with Crippen LogP contribution in [0.1, 0.15) is 23.2 Å². The van der Waals surface area contributed by atoms with Gasteiger partial charge in [-0.2, -0.15) is 4.31 Å². The third-order valence-electron chi connectivity index (χ3n) is 4.93. The van der Waals surface area contributed by atoms with Crippen molar-refractivity contribution in [3.63, 3.8) is 0 Å². The summed E-state index contributed by atoms with van der Waals surface area (Å²) in [5.74, 6) is -0.213. The number of benzene rings is 2. The van der Waals surface area contributed by atoms with Crippen LogP contribution in [0, 0.1) is 0 Å². The third kappa shape index (κ3) is 4.42. The summed E-state index contributed by atoms with van der Waals surface area (Å²) >= 11 is 0. The molecule has 1 fully saturated rings. The molecule has 0 atom stereocenters. The van der Waals surface area contributed by atoms with Gasteiger partial charge in [-0.25, -0.2) is 8.42 Å². The molecule has 31 heavy (non-hydrogen) atoms. The number of anilines is 1. The number of fused-ring (bicyclic) bond motifs is 1. The molecule has 164 valence electrons. The Kier molecular flexibility index (Phi) is 5.70. The summed E-state index contributed by atoms with van der Waals surface area (Å²) in [6.45, 7) is 0.585. The van der Waals surface area contributed by atoms with E-state index in [9.17, 15) is 18.0 Å². The second kappa shape index (κ2) is 8.44. The zero-order valence-corrected chi connectivity index (χ0v) is 17.3. The first-order valence-corrected chi connectivity index (χ1v) is 11.0. The third-order valence-corrected chi connectivity index (χ3v) is 6.83. The van der Waals surface area contributed by atoms with Crippen molar-refractivity contribution in [2.75, 3.05) is 31.8 Å². The fraction of sp³-hybridized carbons (Fsp3) is 0.300. The number of nitrogens with zero attached hydrogens (tertiary/aromatic N) is 1. The van der Waals surface area contributed by atoms with Crippen molar-refractivity contribution in [1.29, 1.82) is 0 Å². The molecule has 3 N–H and O–H groups in total. The minimum atomic E-state index is -3.72. The van der Waals surface area contributed by atoms with Crippen molar-refractivity contribution in [2.24, 2.45) is 5.73 Å². The number of amides is 2. The van der Waals surface area contributed by atoms with Gasteiger partial charge < -0.3 is 25.3 Å². The van der Waals surface area contributed by atoms with Crippen LogP contribution in [0.15, 0.2) is 41.3 Å². The van der Waals surface area contributed by atoms with Crippen LogP contribution in [0.2, 0.25) is 0 Å². The average molecular weight is 447 g/mol. The van der Waals surface area contributed by atoms with Gasteiger partial charge in [0.05, 0.1) is 10.5 Å². The Balaban J connectivity index is 1.45. The highest BCUT2D eigenvalue weighted by Gasteiger charge is 2.28. The van der Waals surface area contributed by atoms with E-state index in [2.05, 4.69) is 5.32 Å². The highest BCUT2D eigenvalue weighted by atomic mass is 32.2. The molecule has 2 aliphatic rings.